The van der Waals surface area contributed by atoms with Gasteiger partial charge in [0, 0.05) is 37.6 Å². The summed E-state index contributed by atoms with van der Waals surface area (Å²) >= 11 is 0. The van der Waals surface area contributed by atoms with Crippen molar-refractivity contribution in [3.05, 3.63) is 41.5 Å². The number of ether oxygens (including phenoxy) is 1. The van der Waals surface area contributed by atoms with Crippen LogP contribution >= 0.6 is 0 Å². The zero-order valence-electron chi connectivity index (χ0n) is 11.8. The molecule has 2 aromatic rings. The van der Waals surface area contributed by atoms with E-state index < -0.39 is 0 Å². The maximum atomic E-state index is 9.94. The van der Waals surface area contributed by atoms with Crippen LogP contribution < -0.4 is 4.74 Å². The second-order valence-electron chi connectivity index (χ2n) is 5.27. The Bertz CT molecular complexity index is 608. The first-order chi connectivity index (χ1) is 9.65. The molecular formula is C15H19N3O2. The van der Waals surface area contributed by atoms with Gasteiger partial charge in [-0.05, 0) is 31.0 Å². The Kier molecular flexibility index (Phi) is 3.36. The minimum Gasteiger partial charge on any atom is -0.508 e. The highest BCUT2D eigenvalue weighted by Crippen LogP contribution is 2.36. The standard InChI is InChI=1S/C15H19N3O2/c1-11-7-14(19)12(2)13-8-18(10-20-15(11)13)6-5-17-4-3-16-9-17/h3-4,7,9,19H,5-6,8,10H2,1-2H3. The maximum Gasteiger partial charge on any atom is 0.142 e. The molecule has 1 N–H and O–H groups in total. The first kappa shape index (κ1) is 13.0. The molecule has 0 fully saturated rings. The van der Waals surface area contributed by atoms with E-state index in [1.807, 2.05) is 26.4 Å². The van der Waals surface area contributed by atoms with Crippen LogP contribution in [-0.4, -0.2) is 32.8 Å². The van der Waals surface area contributed by atoms with E-state index in [9.17, 15) is 5.11 Å². The molecule has 2 heterocycles. The third-order valence-corrected chi connectivity index (χ3v) is 3.83. The third kappa shape index (κ3) is 2.36. The summed E-state index contributed by atoms with van der Waals surface area (Å²) in [5.74, 6) is 1.28. The van der Waals surface area contributed by atoms with Crippen LogP contribution in [0.25, 0.3) is 0 Å². The van der Waals surface area contributed by atoms with Crippen LogP contribution in [0.5, 0.6) is 11.5 Å². The molecule has 0 spiro atoms. The number of fused-ring (bicyclic) bond motifs is 1. The van der Waals surface area contributed by atoms with E-state index in [1.165, 1.54) is 0 Å². The number of rotatable bonds is 3. The van der Waals surface area contributed by atoms with Gasteiger partial charge in [0.15, 0.2) is 0 Å². The molecule has 1 aromatic heterocycles. The van der Waals surface area contributed by atoms with Gasteiger partial charge in [0.1, 0.15) is 18.2 Å². The van der Waals surface area contributed by atoms with Crippen molar-refractivity contribution in [3.63, 3.8) is 0 Å². The fraction of sp³-hybridized carbons (Fsp3) is 0.400. The predicted molar refractivity (Wildman–Crippen MR) is 75.7 cm³/mol. The maximum absolute atomic E-state index is 9.94. The van der Waals surface area contributed by atoms with Crippen molar-refractivity contribution in [3.8, 4) is 11.5 Å². The van der Waals surface area contributed by atoms with Crippen LogP contribution in [0.3, 0.4) is 0 Å². The lowest BCUT2D eigenvalue weighted by Gasteiger charge is -2.31. The molecule has 0 amide bonds. The normalized spacial score (nSPS) is 14.9. The highest BCUT2D eigenvalue weighted by atomic mass is 16.5. The lowest BCUT2D eigenvalue weighted by atomic mass is 10.0. The molecule has 1 aliphatic rings. The summed E-state index contributed by atoms with van der Waals surface area (Å²) in [4.78, 5) is 6.27. The molecule has 5 heteroatoms. The summed E-state index contributed by atoms with van der Waals surface area (Å²) in [6.45, 7) is 7.09. The predicted octanol–water partition coefficient (Wildman–Crippen LogP) is 2.06. The lowest BCUT2D eigenvalue weighted by Crippen LogP contribution is -2.35. The van der Waals surface area contributed by atoms with Crippen molar-refractivity contribution in [1.29, 1.82) is 0 Å². The van der Waals surface area contributed by atoms with E-state index in [2.05, 4.69) is 14.5 Å². The Hall–Kier alpha value is -2.01. The molecule has 106 valence electrons. The summed E-state index contributed by atoms with van der Waals surface area (Å²) in [5, 5.41) is 9.94. The fourth-order valence-corrected chi connectivity index (χ4v) is 2.58. The van der Waals surface area contributed by atoms with Gasteiger partial charge in [0.2, 0.25) is 0 Å². The molecule has 1 aliphatic heterocycles. The van der Waals surface area contributed by atoms with Crippen molar-refractivity contribution in [2.45, 2.75) is 26.9 Å². The second kappa shape index (κ2) is 5.17. The monoisotopic (exact) mass is 273 g/mol. The van der Waals surface area contributed by atoms with Gasteiger partial charge in [-0.25, -0.2) is 4.98 Å². The average molecular weight is 273 g/mol. The van der Waals surface area contributed by atoms with Gasteiger partial charge in [0.25, 0.3) is 0 Å². The highest BCUT2D eigenvalue weighted by Gasteiger charge is 2.22. The first-order valence-corrected chi connectivity index (χ1v) is 6.78. The highest BCUT2D eigenvalue weighted by molar-refractivity contribution is 5.52. The molecule has 0 atom stereocenters. The van der Waals surface area contributed by atoms with Crippen molar-refractivity contribution in [1.82, 2.24) is 14.5 Å². The van der Waals surface area contributed by atoms with Crippen LogP contribution in [0.1, 0.15) is 16.7 Å². The van der Waals surface area contributed by atoms with E-state index in [4.69, 9.17) is 4.74 Å². The Morgan fingerprint density at radius 1 is 1.35 bits per heavy atom. The largest absolute Gasteiger partial charge is 0.508 e. The number of benzene rings is 1. The molecule has 0 unspecified atom stereocenters. The van der Waals surface area contributed by atoms with E-state index in [-0.39, 0.29) is 0 Å². The molecular weight excluding hydrogens is 254 g/mol. The van der Waals surface area contributed by atoms with Gasteiger partial charge in [0.05, 0.1) is 6.33 Å². The first-order valence-electron chi connectivity index (χ1n) is 6.78. The summed E-state index contributed by atoms with van der Waals surface area (Å²) in [6, 6.07) is 1.77. The van der Waals surface area contributed by atoms with Crippen molar-refractivity contribution in [2.24, 2.45) is 0 Å². The van der Waals surface area contributed by atoms with E-state index in [0.717, 1.165) is 42.1 Å². The van der Waals surface area contributed by atoms with E-state index in [0.29, 0.717) is 12.5 Å². The molecule has 20 heavy (non-hydrogen) atoms. The smallest absolute Gasteiger partial charge is 0.142 e. The number of imidazole rings is 1. The van der Waals surface area contributed by atoms with Crippen LogP contribution in [-0.2, 0) is 13.1 Å². The Balaban J connectivity index is 1.74. The minimum atomic E-state index is 0.348. The number of phenolic OH excluding ortho intramolecular Hbond substituents is 1. The fourth-order valence-electron chi connectivity index (χ4n) is 2.58. The average Bonchev–Trinajstić information content (AvgIpc) is 2.96. The van der Waals surface area contributed by atoms with Gasteiger partial charge in [-0.1, -0.05) is 0 Å². The Morgan fingerprint density at radius 2 is 2.20 bits per heavy atom. The molecule has 0 saturated heterocycles. The SMILES string of the molecule is Cc1cc(O)c(C)c2c1OCN(CCn1ccnc1)C2. The van der Waals surface area contributed by atoms with Gasteiger partial charge in [-0.15, -0.1) is 0 Å². The molecule has 5 nitrogen and oxygen atoms in total. The summed E-state index contributed by atoms with van der Waals surface area (Å²) in [5.41, 5.74) is 3.01. The number of nitrogens with zero attached hydrogens (tertiary/aromatic N) is 3. The van der Waals surface area contributed by atoms with Gasteiger partial charge >= 0.3 is 0 Å². The number of aromatic hydroxyl groups is 1. The van der Waals surface area contributed by atoms with Gasteiger partial charge in [-0.2, -0.15) is 0 Å². The van der Waals surface area contributed by atoms with E-state index in [1.54, 1.807) is 12.3 Å². The zero-order chi connectivity index (χ0) is 14.1. The van der Waals surface area contributed by atoms with Gasteiger partial charge < -0.3 is 14.4 Å². The number of hydrogen-bond donors (Lipinski definition) is 1. The van der Waals surface area contributed by atoms with Crippen LogP contribution in [0.2, 0.25) is 0 Å². The molecule has 0 bridgehead atoms. The topological polar surface area (TPSA) is 50.5 Å². The number of hydrogen-bond acceptors (Lipinski definition) is 4. The molecule has 3 rings (SSSR count). The lowest BCUT2D eigenvalue weighted by molar-refractivity contribution is 0.0905. The minimum absolute atomic E-state index is 0.348. The van der Waals surface area contributed by atoms with Crippen LogP contribution in [0.4, 0.5) is 0 Å². The van der Waals surface area contributed by atoms with Crippen LogP contribution in [0.15, 0.2) is 24.8 Å². The van der Waals surface area contributed by atoms with Gasteiger partial charge in [-0.3, -0.25) is 4.90 Å². The third-order valence-electron chi connectivity index (χ3n) is 3.83. The van der Waals surface area contributed by atoms with Crippen molar-refractivity contribution < 1.29 is 9.84 Å². The Labute approximate surface area is 118 Å². The zero-order valence-corrected chi connectivity index (χ0v) is 11.8. The molecule has 0 aliphatic carbocycles. The molecule has 0 radical (unpaired) electrons. The molecule has 1 aromatic carbocycles. The molecule has 0 saturated carbocycles. The Morgan fingerprint density at radius 3 is 2.95 bits per heavy atom. The van der Waals surface area contributed by atoms with Crippen molar-refractivity contribution in [2.75, 3.05) is 13.3 Å². The van der Waals surface area contributed by atoms with Crippen molar-refractivity contribution >= 4 is 0 Å². The summed E-state index contributed by atoms with van der Waals surface area (Å²) < 4.78 is 7.91. The summed E-state index contributed by atoms with van der Waals surface area (Å²) in [6.07, 6.45) is 5.56. The number of phenols is 1. The number of aromatic nitrogens is 2. The van der Waals surface area contributed by atoms with Crippen LogP contribution in [0, 0.1) is 13.8 Å². The van der Waals surface area contributed by atoms with E-state index >= 15 is 0 Å². The quantitative estimate of drug-likeness (QED) is 0.930. The summed E-state index contributed by atoms with van der Waals surface area (Å²) in [7, 11) is 0. The number of aryl methyl sites for hydroxylation is 1. The second-order valence-corrected chi connectivity index (χ2v) is 5.27.